The summed E-state index contributed by atoms with van der Waals surface area (Å²) >= 11 is 0. The molecule has 1 saturated heterocycles. The molecule has 2 aromatic rings. The van der Waals surface area contributed by atoms with Gasteiger partial charge in [-0.2, -0.15) is 0 Å². The predicted molar refractivity (Wildman–Crippen MR) is 101 cm³/mol. The number of carbonyl (C=O) groups is 1. The van der Waals surface area contributed by atoms with Crippen molar-refractivity contribution in [3.63, 3.8) is 0 Å². The summed E-state index contributed by atoms with van der Waals surface area (Å²) in [6, 6.07) is 11.5. The van der Waals surface area contributed by atoms with Gasteiger partial charge < -0.3 is 16.0 Å². The third-order valence-corrected chi connectivity index (χ3v) is 4.57. The quantitative estimate of drug-likeness (QED) is 0.822. The first kappa shape index (κ1) is 17.3. The molecule has 0 aliphatic carbocycles. The van der Waals surface area contributed by atoms with Crippen molar-refractivity contribution in [2.75, 3.05) is 23.7 Å². The first-order valence-corrected chi connectivity index (χ1v) is 9.02. The molecule has 5 heteroatoms. The number of benzene rings is 1. The molecule has 5 nitrogen and oxygen atoms in total. The number of anilines is 2. The highest BCUT2D eigenvalue weighted by atomic mass is 16.1. The van der Waals surface area contributed by atoms with Crippen molar-refractivity contribution in [2.45, 2.75) is 38.6 Å². The van der Waals surface area contributed by atoms with Crippen LogP contribution in [0.2, 0.25) is 0 Å². The van der Waals surface area contributed by atoms with E-state index in [9.17, 15) is 4.79 Å². The Morgan fingerprint density at radius 3 is 2.32 bits per heavy atom. The van der Waals surface area contributed by atoms with E-state index in [1.807, 2.05) is 30.5 Å². The summed E-state index contributed by atoms with van der Waals surface area (Å²) in [5.41, 5.74) is 8.34. The van der Waals surface area contributed by atoms with E-state index < -0.39 is 0 Å². The molecule has 0 unspecified atom stereocenters. The third kappa shape index (κ3) is 5.21. The summed E-state index contributed by atoms with van der Waals surface area (Å²) in [5.74, 6) is 1.04. The van der Waals surface area contributed by atoms with Crippen LogP contribution in [-0.2, 0) is 17.8 Å². The average molecular weight is 338 g/mol. The minimum absolute atomic E-state index is 0.00126. The second kappa shape index (κ2) is 8.51. The summed E-state index contributed by atoms with van der Waals surface area (Å²) < 4.78 is 0. The van der Waals surface area contributed by atoms with Gasteiger partial charge in [0.05, 0.1) is 6.42 Å². The summed E-state index contributed by atoms with van der Waals surface area (Å²) in [4.78, 5) is 19.0. The fourth-order valence-corrected chi connectivity index (χ4v) is 3.09. The number of carbonyl (C=O) groups excluding carboxylic acids is 1. The molecule has 0 radical (unpaired) electrons. The van der Waals surface area contributed by atoms with Crippen molar-refractivity contribution >= 4 is 17.4 Å². The first-order valence-electron chi connectivity index (χ1n) is 9.02. The van der Waals surface area contributed by atoms with Gasteiger partial charge >= 0.3 is 0 Å². The van der Waals surface area contributed by atoms with Gasteiger partial charge in [-0.15, -0.1) is 0 Å². The van der Waals surface area contributed by atoms with Crippen LogP contribution in [0.25, 0.3) is 0 Å². The second-order valence-electron chi connectivity index (χ2n) is 6.62. The molecule has 1 aliphatic rings. The normalized spacial score (nSPS) is 14.8. The molecule has 1 fully saturated rings. The number of rotatable bonds is 5. The molecule has 0 atom stereocenters. The van der Waals surface area contributed by atoms with Crippen LogP contribution in [0.5, 0.6) is 0 Å². The zero-order chi connectivity index (χ0) is 17.5. The zero-order valence-corrected chi connectivity index (χ0v) is 14.6. The van der Waals surface area contributed by atoms with Crippen LogP contribution in [0, 0.1) is 0 Å². The van der Waals surface area contributed by atoms with Crippen molar-refractivity contribution < 1.29 is 4.79 Å². The molecule has 0 bridgehead atoms. The Kier molecular flexibility index (Phi) is 5.88. The van der Waals surface area contributed by atoms with Crippen LogP contribution in [-0.4, -0.2) is 24.0 Å². The van der Waals surface area contributed by atoms with E-state index in [0.717, 1.165) is 30.0 Å². The number of nitrogen functional groups attached to an aromatic ring is 1. The van der Waals surface area contributed by atoms with Gasteiger partial charge in [-0.3, -0.25) is 4.79 Å². The van der Waals surface area contributed by atoms with E-state index in [1.54, 1.807) is 0 Å². The Morgan fingerprint density at radius 2 is 1.68 bits per heavy atom. The van der Waals surface area contributed by atoms with Crippen molar-refractivity contribution in [3.8, 4) is 0 Å². The number of nitrogens with zero attached hydrogens (tertiary/aromatic N) is 2. The second-order valence-corrected chi connectivity index (χ2v) is 6.62. The van der Waals surface area contributed by atoms with Crippen LogP contribution in [0.4, 0.5) is 11.5 Å². The van der Waals surface area contributed by atoms with Gasteiger partial charge in [-0.25, -0.2) is 4.98 Å². The minimum atomic E-state index is 0.00126. The molecule has 1 aromatic carbocycles. The molecule has 3 rings (SSSR count). The molecule has 2 heterocycles. The van der Waals surface area contributed by atoms with Crippen LogP contribution in [0.15, 0.2) is 42.6 Å². The van der Waals surface area contributed by atoms with Crippen LogP contribution in [0.1, 0.15) is 36.8 Å². The Morgan fingerprint density at radius 1 is 1.00 bits per heavy atom. The van der Waals surface area contributed by atoms with Gasteiger partial charge in [0.25, 0.3) is 0 Å². The smallest absolute Gasteiger partial charge is 0.224 e. The maximum Gasteiger partial charge on any atom is 0.224 e. The maximum absolute atomic E-state index is 12.1. The van der Waals surface area contributed by atoms with Gasteiger partial charge in [0, 0.05) is 31.5 Å². The number of nitrogens with two attached hydrogens (primary N) is 1. The van der Waals surface area contributed by atoms with E-state index in [-0.39, 0.29) is 5.91 Å². The van der Waals surface area contributed by atoms with E-state index in [2.05, 4.69) is 27.3 Å². The summed E-state index contributed by atoms with van der Waals surface area (Å²) in [5, 5.41) is 2.95. The number of aromatic nitrogens is 1. The number of pyridine rings is 1. The Hall–Kier alpha value is -2.56. The lowest BCUT2D eigenvalue weighted by Crippen LogP contribution is -2.26. The molecular formula is C20H26N4O. The van der Waals surface area contributed by atoms with Crippen molar-refractivity contribution in [2.24, 2.45) is 0 Å². The van der Waals surface area contributed by atoms with Gasteiger partial charge in [0.1, 0.15) is 5.82 Å². The lowest BCUT2D eigenvalue weighted by atomic mass is 10.1. The molecule has 1 aromatic heterocycles. The highest BCUT2D eigenvalue weighted by Gasteiger charge is 2.11. The lowest BCUT2D eigenvalue weighted by molar-refractivity contribution is -0.120. The standard InChI is InChI=1S/C20H26N4O/c21-18-8-5-16(6-9-18)13-20(25)23-15-17-7-10-19(22-14-17)24-11-3-1-2-4-12-24/h5-10,14H,1-4,11-13,15,21H2,(H,23,25). The monoisotopic (exact) mass is 338 g/mol. The molecular weight excluding hydrogens is 312 g/mol. The van der Waals surface area contributed by atoms with Crippen LogP contribution < -0.4 is 16.0 Å². The lowest BCUT2D eigenvalue weighted by Gasteiger charge is -2.21. The number of hydrogen-bond acceptors (Lipinski definition) is 4. The first-order chi connectivity index (χ1) is 12.2. The molecule has 132 valence electrons. The van der Waals surface area contributed by atoms with Gasteiger partial charge in [-0.05, 0) is 42.2 Å². The van der Waals surface area contributed by atoms with E-state index >= 15 is 0 Å². The van der Waals surface area contributed by atoms with E-state index in [0.29, 0.717) is 18.7 Å². The summed E-state index contributed by atoms with van der Waals surface area (Å²) in [7, 11) is 0. The van der Waals surface area contributed by atoms with Crippen LogP contribution in [0.3, 0.4) is 0 Å². The molecule has 0 spiro atoms. The van der Waals surface area contributed by atoms with Crippen molar-refractivity contribution in [3.05, 3.63) is 53.7 Å². The number of amides is 1. The molecule has 1 amide bonds. The fraction of sp³-hybridized carbons (Fsp3) is 0.400. The Bertz CT molecular complexity index is 674. The van der Waals surface area contributed by atoms with Crippen molar-refractivity contribution in [1.82, 2.24) is 10.3 Å². The predicted octanol–water partition coefficient (Wildman–Crippen LogP) is 2.90. The molecule has 3 N–H and O–H groups in total. The molecule has 0 saturated carbocycles. The number of nitrogens with one attached hydrogen (secondary N) is 1. The Labute approximate surface area is 149 Å². The minimum Gasteiger partial charge on any atom is -0.399 e. The van der Waals surface area contributed by atoms with Gasteiger partial charge in [0.2, 0.25) is 5.91 Å². The van der Waals surface area contributed by atoms with Gasteiger partial charge in [-0.1, -0.05) is 31.0 Å². The van der Waals surface area contributed by atoms with Crippen molar-refractivity contribution in [1.29, 1.82) is 0 Å². The SMILES string of the molecule is Nc1ccc(CC(=O)NCc2ccc(N3CCCCCC3)nc2)cc1. The third-order valence-electron chi connectivity index (χ3n) is 4.57. The highest BCUT2D eigenvalue weighted by molar-refractivity contribution is 5.78. The topological polar surface area (TPSA) is 71.2 Å². The van der Waals surface area contributed by atoms with Crippen LogP contribution >= 0.6 is 0 Å². The molecule has 1 aliphatic heterocycles. The zero-order valence-electron chi connectivity index (χ0n) is 14.6. The Balaban J connectivity index is 1.49. The summed E-state index contributed by atoms with van der Waals surface area (Å²) in [6.45, 7) is 2.68. The largest absolute Gasteiger partial charge is 0.399 e. The molecule has 25 heavy (non-hydrogen) atoms. The fourth-order valence-electron chi connectivity index (χ4n) is 3.09. The van der Waals surface area contributed by atoms with Gasteiger partial charge in [0.15, 0.2) is 0 Å². The highest BCUT2D eigenvalue weighted by Crippen LogP contribution is 2.17. The van der Waals surface area contributed by atoms with E-state index in [1.165, 1.54) is 25.7 Å². The number of hydrogen-bond donors (Lipinski definition) is 2. The van der Waals surface area contributed by atoms with E-state index in [4.69, 9.17) is 5.73 Å². The maximum atomic E-state index is 12.1. The average Bonchev–Trinajstić information content (AvgIpc) is 2.92. The summed E-state index contributed by atoms with van der Waals surface area (Å²) in [6.07, 6.45) is 7.34.